The van der Waals surface area contributed by atoms with E-state index in [0.717, 1.165) is 10.0 Å². The summed E-state index contributed by atoms with van der Waals surface area (Å²) in [4.78, 5) is 23.7. The second kappa shape index (κ2) is 9.43. The maximum atomic E-state index is 12.5. The Morgan fingerprint density at radius 3 is 2.59 bits per heavy atom. The molecule has 0 radical (unpaired) electrons. The lowest BCUT2D eigenvalue weighted by Gasteiger charge is -2.14. The molecule has 0 aliphatic carbocycles. The highest BCUT2D eigenvalue weighted by Crippen LogP contribution is 2.20. The lowest BCUT2D eigenvalue weighted by molar-refractivity contribution is -0.114. The summed E-state index contributed by atoms with van der Waals surface area (Å²) >= 11 is 3.37. The highest BCUT2D eigenvalue weighted by Gasteiger charge is 2.15. The first-order chi connectivity index (χ1) is 13.9. The largest absolute Gasteiger partial charge is 0.486 e. The minimum Gasteiger partial charge on any atom is -0.486 e. The van der Waals surface area contributed by atoms with Gasteiger partial charge in [-0.1, -0.05) is 28.1 Å². The zero-order chi connectivity index (χ0) is 20.8. The predicted molar refractivity (Wildman–Crippen MR) is 114 cm³/mol. The van der Waals surface area contributed by atoms with Crippen LogP contribution in [0.1, 0.15) is 41.8 Å². The Kier molecular flexibility index (Phi) is 6.72. The van der Waals surface area contributed by atoms with Crippen LogP contribution in [-0.4, -0.2) is 11.8 Å². The summed E-state index contributed by atoms with van der Waals surface area (Å²) in [5.74, 6) is 1.01. The van der Waals surface area contributed by atoms with E-state index >= 15 is 0 Å². The van der Waals surface area contributed by atoms with Crippen molar-refractivity contribution in [1.29, 1.82) is 0 Å². The Hall–Kier alpha value is -3.06. The number of hydrogen-bond acceptors (Lipinski definition) is 4. The molecule has 3 rings (SSSR count). The SMILES string of the molecule is CC(=O)Nc1cccc(C(C)NC(=O)c2ccc(COc3ccc(Br)cc3)o2)c1. The van der Waals surface area contributed by atoms with Crippen LogP contribution >= 0.6 is 15.9 Å². The van der Waals surface area contributed by atoms with Gasteiger partial charge in [-0.05, 0) is 61.0 Å². The number of ether oxygens (including phenoxy) is 1. The van der Waals surface area contributed by atoms with Gasteiger partial charge >= 0.3 is 0 Å². The average Bonchev–Trinajstić information content (AvgIpc) is 3.16. The molecule has 2 N–H and O–H groups in total. The van der Waals surface area contributed by atoms with Crippen molar-refractivity contribution in [3.63, 3.8) is 0 Å². The van der Waals surface area contributed by atoms with Gasteiger partial charge in [-0.2, -0.15) is 0 Å². The number of rotatable bonds is 7. The molecule has 2 aromatic carbocycles. The summed E-state index contributed by atoms with van der Waals surface area (Å²) in [5.41, 5.74) is 1.55. The first-order valence-corrected chi connectivity index (χ1v) is 9.85. The minimum atomic E-state index is -0.322. The molecule has 7 heteroatoms. The normalized spacial score (nSPS) is 11.6. The first-order valence-electron chi connectivity index (χ1n) is 9.06. The van der Waals surface area contributed by atoms with Crippen LogP contribution in [0.15, 0.2) is 69.6 Å². The third-order valence-corrected chi connectivity index (χ3v) is 4.66. The lowest BCUT2D eigenvalue weighted by Crippen LogP contribution is -2.26. The molecule has 0 aliphatic rings. The van der Waals surface area contributed by atoms with Crippen LogP contribution < -0.4 is 15.4 Å². The molecule has 0 saturated heterocycles. The van der Waals surface area contributed by atoms with Gasteiger partial charge in [0, 0.05) is 17.1 Å². The molecule has 0 spiro atoms. The molecule has 150 valence electrons. The molecular formula is C22H21BrN2O4. The third kappa shape index (κ3) is 5.96. The van der Waals surface area contributed by atoms with E-state index < -0.39 is 0 Å². The minimum absolute atomic E-state index is 0.146. The Balaban J connectivity index is 1.58. The number of anilines is 1. The van der Waals surface area contributed by atoms with Crippen molar-refractivity contribution in [2.75, 3.05) is 5.32 Å². The topological polar surface area (TPSA) is 80.6 Å². The number of carbonyl (C=O) groups excluding carboxylic acids is 2. The number of amides is 2. The zero-order valence-electron chi connectivity index (χ0n) is 16.1. The number of carbonyl (C=O) groups is 2. The second-order valence-electron chi connectivity index (χ2n) is 6.51. The van der Waals surface area contributed by atoms with Gasteiger partial charge in [0.15, 0.2) is 5.76 Å². The zero-order valence-corrected chi connectivity index (χ0v) is 17.7. The van der Waals surface area contributed by atoms with Gasteiger partial charge in [-0.25, -0.2) is 0 Å². The van der Waals surface area contributed by atoms with Crippen molar-refractivity contribution >= 4 is 33.4 Å². The molecule has 1 aromatic heterocycles. The highest BCUT2D eigenvalue weighted by atomic mass is 79.9. The van der Waals surface area contributed by atoms with Gasteiger partial charge in [-0.15, -0.1) is 0 Å². The molecule has 0 bridgehead atoms. The summed E-state index contributed by atoms with van der Waals surface area (Å²) in [5, 5.41) is 5.63. The first kappa shape index (κ1) is 20.7. The van der Waals surface area contributed by atoms with Gasteiger partial charge in [0.25, 0.3) is 5.91 Å². The Bertz CT molecular complexity index is 998. The molecule has 3 aromatic rings. The number of furan rings is 1. The summed E-state index contributed by atoms with van der Waals surface area (Å²) in [7, 11) is 0. The summed E-state index contributed by atoms with van der Waals surface area (Å²) in [6, 6.07) is 17.9. The maximum Gasteiger partial charge on any atom is 0.287 e. The van der Waals surface area contributed by atoms with E-state index in [1.807, 2.05) is 49.4 Å². The number of hydrogen-bond donors (Lipinski definition) is 2. The van der Waals surface area contributed by atoms with Crippen LogP contribution in [-0.2, 0) is 11.4 Å². The third-order valence-electron chi connectivity index (χ3n) is 4.13. The quantitative estimate of drug-likeness (QED) is 0.519. The maximum absolute atomic E-state index is 12.5. The lowest BCUT2D eigenvalue weighted by atomic mass is 10.1. The molecule has 1 atom stereocenters. The van der Waals surface area contributed by atoms with Crippen molar-refractivity contribution in [3.05, 3.63) is 82.2 Å². The molecule has 0 saturated carbocycles. The van der Waals surface area contributed by atoms with Crippen molar-refractivity contribution in [1.82, 2.24) is 5.32 Å². The van der Waals surface area contributed by atoms with Gasteiger partial charge in [0.05, 0.1) is 6.04 Å². The monoisotopic (exact) mass is 456 g/mol. The van der Waals surface area contributed by atoms with E-state index in [-0.39, 0.29) is 30.2 Å². The van der Waals surface area contributed by atoms with Gasteiger partial charge in [-0.3, -0.25) is 9.59 Å². The van der Waals surface area contributed by atoms with Crippen LogP contribution in [0.5, 0.6) is 5.75 Å². The fraction of sp³-hybridized carbons (Fsp3) is 0.182. The van der Waals surface area contributed by atoms with Crippen LogP contribution in [0.2, 0.25) is 0 Å². The van der Waals surface area contributed by atoms with Crippen LogP contribution in [0, 0.1) is 0 Å². The molecule has 2 amide bonds. The smallest absolute Gasteiger partial charge is 0.287 e. The summed E-state index contributed by atoms with van der Waals surface area (Å²) < 4.78 is 12.2. The van der Waals surface area contributed by atoms with Crippen molar-refractivity contribution in [3.8, 4) is 5.75 Å². The van der Waals surface area contributed by atoms with E-state index in [1.165, 1.54) is 6.92 Å². The molecule has 0 fully saturated rings. The summed E-state index contributed by atoms with van der Waals surface area (Å²) in [6.07, 6.45) is 0. The molecule has 1 heterocycles. The van der Waals surface area contributed by atoms with Gasteiger partial charge < -0.3 is 19.8 Å². The predicted octanol–water partition coefficient (Wildman–Crippen LogP) is 5.07. The second-order valence-corrected chi connectivity index (χ2v) is 7.43. The molecule has 0 aliphatic heterocycles. The Labute approximate surface area is 177 Å². The average molecular weight is 457 g/mol. The fourth-order valence-electron chi connectivity index (χ4n) is 2.70. The van der Waals surface area contributed by atoms with Crippen molar-refractivity contribution in [2.24, 2.45) is 0 Å². The van der Waals surface area contributed by atoms with E-state index in [4.69, 9.17) is 9.15 Å². The molecule has 29 heavy (non-hydrogen) atoms. The Morgan fingerprint density at radius 2 is 1.86 bits per heavy atom. The molecular weight excluding hydrogens is 436 g/mol. The van der Waals surface area contributed by atoms with Crippen LogP contribution in [0.25, 0.3) is 0 Å². The van der Waals surface area contributed by atoms with Crippen molar-refractivity contribution in [2.45, 2.75) is 26.5 Å². The highest BCUT2D eigenvalue weighted by molar-refractivity contribution is 9.10. The number of nitrogens with one attached hydrogen (secondary N) is 2. The number of halogens is 1. The summed E-state index contributed by atoms with van der Waals surface area (Å²) in [6.45, 7) is 3.54. The van der Waals surface area contributed by atoms with Crippen molar-refractivity contribution < 1.29 is 18.7 Å². The molecule has 6 nitrogen and oxygen atoms in total. The standard InChI is InChI=1S/C22H21BrN2O4/c1-14(16-4-3-5-18(12-16)25-15(2)26)24-22(27)21-11-10-20(29-21)13-28-19-8-6-17(23)7-9-19/h3-12,14H,13H2,1-2H3,(H,24,27)(H,25,26). The van der Waals surface area contributed by atoms with E-state index in [2.05, 4.69) is 26.6 Å². The van der Waals surface area contributed by atoms with Gasteiger partial charge in [0.2, 0.25) is 5.91 Å². The van der Waals surface area contributed by atoms with E-state index in [1.54, 1.807) is 18.2 Å². The van der Waals surface area contributed by atoms with Crippen LogP contribution in [0.4, 0.5) is 5.69 Å². The van der Waals surface area contributed by atoms with E-state index in [0.29, 0.717) is 17.2 Å². The number of benzene rings is 2. The Morgan fingerprint density at radius 1 is 1.10 bits per heavy atom. The van der Waals surface area contributed by atoms with Crippen LogP contribution in [0.3, 0.4) is 0 Å². The van der Waals surface area contributed by atoms with E-state index in [9.17, 15) is 9.59 Å². The van der Waals surface area contributed by atoms with Gasteiger partial charge in [0.1, 0.15) is 18.1 Å². The fourth-order valence-corrected chi connectivity index (χ4v) is 2.97. The molecule has 1 unspecified atom stereocenters.